The fourth-order valence-electron chi connectivity index (χ4n) is 0.735. The van der Waals surface area contributed by atoms with Gasteiger partial charge in [0.25, 0.3) is 0 Å². The van der Waals surface area contributed by atoms with Crippen LogP contribution in [0.25, 0.3) is 0 Å². The molecule has 0 unspecified atom stereocenters. The van der Waals surface area contributed by atoms with Crippen LogP contribution in [0.15, 0.2) is 49.0 Å². The molecule has 0 saturated carbocycles. The van der Waals surface area contributed by atoms with Gasteiger partial charge in [-0.25, -0.2) is 0 Å². The molecule has 0 aliphatic heterocycles. The first-order valence-corrected chi connectivity index (χ1v) is 3.24. The molecule has 0 spiro atoms. The van der Waals surface area contributed by atoms with Crippen molar-refractivity contribution in [2.24, 2.45) is 0 Å². The van der Waals surface area contributed by atoms with Gasteiger partial charge in [-0.15, -0.1) is 0 Å². The molecule has 0 aromatic rings. The van der Waals surface area contributed by atoms with Gasteiger partial charge in [0.1, 0.15) is 5.76 Å². The highest BCUT2D eigenvalue weighted by molar-refractivity contribution is 5.22. The quantitative estimate of drug-likeness (QED) is 0.527. The van der Waals surface area contributed by atoms with Gasteiger partial charge in [0.15, 0.2) is 0 Å². The zero-order valence-corrected chi connectivity index (χ0v) is 5.79. The van der Waals surface area contributed by atoms with E-state index in [0.717, 1.165) is 12.2 Å². The van der Waals surface area contributed by atoms with Crippen LogP contribution in [0.1, 0.15) is 6.42 Å². The van der Waals surface area contributed by atoms with Crippen molar-refractivity contribution in [1.29, 1.82) is 0 Å². The number of hydrogen-bond acceptors (Lipinski definition) is 1. The summed E-state index contributed by atoms with van der Waals surface area (Å²) in [6, 6.07) is 0. The second kappa shape index (κ2) is 3.72. The summed E-state index contributed by atoms with van der Waals surface area (Å²) >= 11 is 0. The number of rotatable bonds is 2. The lowest BCUT2D eigenvalue weighted by atomic mass is 10.4. The lowest BCUT2D eigenvalue weighted by Gasteiger charge is -1.95. The normalized spacial score (nSPS) is 15.8. The summed E-state index contributed by atoms with van der Waals surface area (Å²) in [5.41, 5.74) is 0. The van der Waals surface area contributed by atoms with Gasteiger partial charge in [-0.05, 0) is 18.6 Å². The lowest BCUT2D eigenvalue weighted by molar-refractivity contribution is 0.370. The SMILES string of the molecule is C=COC1=CC=CCC=C1. The van der Waals surface area contributed by atoms with Gasteiger partial charge in [0.2, 0.25) is 0 Å². The molecular weight excluding hydrogens is 124 g/mol. The number of allylic oxidation sites excluding steroid dienone is 5. The van der Waals surface area contributed by atoms with Crippen LogP contribution < -0.4 is 0 Å². The monoisotopic (exact) mass is 134 g/mol. The first kappa shape index (κ1) is 6.87. The number of ether oxygens (including phenoxy) is 1. The van der Waals surface area contributed by atoms with E-state index in [2.05, 4.69) is 12.7 Å². The fourth-order valence-corrected chi connectivity index (χ4v) is 0.735. The van der Waals surface area contributed by atoms with Crippen LogP contribution >= 0.6 is 0 Å². The van der Waals surface area contributed by atoms with Crippen molar-refractivity contribution in [2.45, 2.75) is 6.42 Å². The first-order valence-electron chi connectivity index (χ1n) is 3.24. The summed E-state index contributed by atoms with van der Waals surface area (Å²) in [6.45, 7) is 3.46. The highest BCUT2D eigenvalue weighted by Crippen LogP contribution is 2.05. The Balaban J connectivity index is 2.63. The van der Waals surface area contributed by atoms with Gasteiger partial charge >= 0.3 is 0 Å². The molecular formula is C9H10O. The van der Waals surface area contributed by atoms with Crippen LogP contribution in [0.4, 0.5) is 0 Å². The molecule has 0 N–H and O–H groups in total. The molecule has 10 heavy (non-hydrogen) atoms. The molecule has 1 heteroatoms. The number of hydrogen-bond donors (Lipinski definition) is 0. The van der Waals surface area contributed by atoms with Crippen LogP contribution in [-0.2, 0) is 4.74 Å². The van der Waals surface area contributed by atoms with E-state index < -0.39 is 0 Å². The van der Waals surface area contributed by atoms with Crippen molar-refractivity contribution in [3.8, 4) is 0 Å². The predicted octanol–water partition coefficient (Wildman–Crippen LogP) is 2.55. The Bertz CT molecular complexity index is 197. The Morgan fingerprint density at radius 3 is 3.20 bits per heavy atom. The van der Waals surface area contributed by atoms with Crippen LogP contribution in [0.5, 0.6) is 0 Å². The Labute approximate surface area is 61.0 Å². The van der Waals surface area contributed by atoms with Crippen molar-refractivity contribution >= 4 is 0 Å². The topological polar surface area (TPSA) is 9.23 Å². The van der Waals surface area contributed by atoms with Gasteiger partial charge < -0.3 is 4.74 Å². The predicted molar refractivity (Wildman–Crippen MR) is 42.3 cm³/mol. The molecule has 1 nitrogen and oxygen atoms in total. The molecule has 1 aliphatic rings. The third-order valence-corrected chi connectivity index (χ3v) is 1.17. The summed E-state index contributed by atoms with van der Waals surface area (Å²) in [5, 5.41) is 0. The molecule has 0 saturated heterocycles. The third kappa shape index (κ3) is 1.94. The van der Waals surface area contributed by atoms with E-state index in [1.54, 1.807) is 0 Å². The maximum absolute atomic E-state index is 5.05. The van der Waals surface area contributed by atoms with Crippen LogP contribution in [-0.4, -0.2) is 0 Å². The molecule has 0 fully saturated rings. The van der Waals surface area contributed by atoms with Crippen LogP contribution in [0.2, 0.25) is 0 Å². The average molecular weight is 134 g/mol. The Morgan fingerprint density at radius 2 is 2.40 bits per heavy atom. The van der Waals surface area contributed by atoms with Gasteiger partial charge in [0, 0.05) is 0 Å². The van der Waals surface area contributed by atoms with E-state index in [-0.39, 0.29) is 0 Å². The summed E-state index contributed by atoms with van der Waals surface area (Å²) < 4.78 is 5.05. The second-order valence-corrected chi connectivity index (χ2v) is 1.92. The minimum Gasteiger partial charge on any atom is -0.466 e. The van der Waals surface area contributed by atoms with E-state index in [1.165, 1.54) is 6.26 Å². The third-order valence-electron chi connectivity index (χ3n) is 1.17. The molecule has 0 atom stereocenters. The minimum absolute atomic E-state index is 0.837. The van der Waals surface area contributed by atoms with Crippen molar-refractivity contribution in [1.82, 2.24) is 0 Å². The lowest BCUT2D eigenvalue weighted by Crippen LogP contribution is -1.76. The Hall–Kier alpha value is -1.24. The molecule has 0 amide bonds. The van der Waals surface area contributed by atoms with E-state index in [4.69, 9.17) is 4.74 Å². The minimum atomic E-state index is 0.837. The standard InChI is InChI=1S/C9H10O/c1-2-10-9-7-5-3-4-6-8-9/h2-3,5-8H,1,4H2. The van der Waals surface area contributed by atoms with Crippen molar-refractivity contribution in [3.05, 3.63) is 49.0 Å². The van der Waals surface area contributed by atoms with Crippen molar-refractivity contribution in [3.63, 3.8) is 0 Å². The Kier molecular flexibility index (Phi) is 2.56. The molecule has 0 aromatic heterocycles. The van der Waals surface area contributed by atoms with Crippen molar-refractivity contribution < 1.29 is 4.74 Å². The molecule has 0 aromatic carbocycles. The largest absolute Gasteiger partial charge is 0.466 e. The highest BCUT2D eigenvalue weighted by atomic mass is 16.5. The molecule has 1 rings (SSSR count). The summed E-state index contributed by atoms with van der Waals surface area (Å²) in [5.74, 6) is 0.837. The van der Waals surface area contributed by atoms with Crippen LogP contribution in [0.3, 0.4) is 0 Å². The maximum atomic E-state index is 5.05. The second-order valence-electron chi connectivity index (χ2n) is 1.92. The average Bonchev–Trinajstić information content (AvgIpc) is 2.17. The fraction of sp³-hybridized carbons (Fsp3) is 0.111. The van der Waals surface area contributed by atoms with Gasteiger partial charge in [-0.3, -0.25) is 0 Å². The van der Waals surface area contributed by atoms with E-state index in [9.17, 15) is 0 Å². The van der Waals surface area contributed by atoms with Gasteiger partial charge in [-0.2, -0.15) is 0 Å². The zero-order valence-electron chi connectivity index (χ0n) is 5.79. The Morgan fingerprint density at radius 1 is 1.50 bits per heavy atom. The van der Waals surface area contributed by atoms with Crippen molar-refractivity contribution in [2.75, 3.05) is 0 Å². The molecule has 52 valence electrons. The van der Waals surface area contributed by atoms with Gasteiger partial charge in [-0.1, -0.05) is 24.8 Å². The maximum Gasteiger partial charge on any atom is 0.126 e. The summed E-state index contributed by atoms with van der Waals surface area (Å²) in [4.78, 5) is 0. The first-order chi connectivity index (χ1) is 4.93. The van der Waals surface area contributed by atoms with E-state index in [1.807, 2.05) is 24.3 Å². The van der Waals surface area contributed by atoms with Gasteiger partial charge in [0.05, 0.1) is 6.26 Å². The van der Waals surface area contributed by atoms with Crippen LogP contribution in [0, 0.1) is 0 Å². The summed E-state index contributed by atoms with van der Waals surface area (Å²) in [7, 11) is 0. The summed E-state index contributed by atoms with van der Waals surface area (Å²) in [6.07, 6.45) is 12.3. The molecule has 0 bridgehead atoms. The molecule has 0 heterocycles. The van der Waals surface area contributed by atoms with E-state index >= 15 is 0 Å². The van der Waals surface area contributed by atoms with E-state index in [0.29, 0.717) is 0 Å². The molecule has 0 radical (unpaired) electrons. The molecule has 1 aliphatic carbocycles. The zero-order chi connectivity index (χ0) is 7.23. The smallest absolute Gasteiger partial charge is 0.126 e. The highest BCUT2D eigenvalue weighted by Gasteiger charge is 1.88.